The highest BCUT2D eigenvalue weighted by Crippen LogP contribution is 2.22. The monoisotopic (exact) mass is 316 g/mol. The van der Waals surface area contributed by atoms with Crippen LogP contribution in [-0.2, 0) is 9.53 Å². The van der Waals surface area contributed by atoms with E-state index in [1.165, 1.54) is 19.2 Å². The van der Waals surface area contributed by atoms with E-state index in [1.54, 1.807) is 4.90 Å². The number of carbonyl (C=O) groups is 2. The highest BCUT2D eigenvalue weighted by molar-refractivity contribution is 6.33. The van der Waals surface area contributed by atoms with E-state index in [4.69, 9.17) is 27.9 Å². The molecule has 0 spiro atoms. The average molecular weight is 317 g/mol. The third-order valence-electron chi connectivity index (χ3n) is 3.33. The highest BCUT2D eigenvalue weighted by atomic mass is 35.5. The Kier molecular flexibility index (Phi) is 4.83. The number of ether oxygens (including phenoxy) is 1. The number of hydrogen-bond acceptors (Lipinski definition) is 4. The molecule has 1 amide bonds. The van der Waals surface area contributed by atoms with E-state index in [0.717, 1.165) is 0 Å². The van der Waals surface area contributed by atoms with Gasteiger partial charge in [-0.15, -0.1) is 0 Å². The van der Waals surface area contributed by atoms with Gasteiger partial charge in [-0.2, -0.15) is 0 Å². The van der Waals surface area contributed by atoms with Crippen molar-refractivity contribution in [2.24, 2.45) is 5.92 Å². The molecule has 2 rings (SSSR count). The molecule has 1 aliphatic rings. The van der Waals surface area contributed by atoms with Gasteiger partial charge in [0.25, 0.3) is 5.91 Å². The molecule has 0 unspecified atom stereocenters. The van der Waals surface area contributed by atoms with Gasteiger partial charge < -0.3 is 9.64 Å². The van der Waals surface area contributed by atoms with Crippen LogP contribution in [0.2, 0.25) is 10.3 Å². The molecule has 0 aliphatic carbocycles. The number of piperidine rings is 1. The quantitative estimate of drug-likeness (QED) is 0.621. The Morgan fingerprint density at radius 1 is 1.25 bits per heavy atom. The summed E-state index contributed by atoms with van der Waals surface area (Å²) < 4.78 is 4.72. The van der Waals surface area contributed by atoms with Gasteiger partial charge in [-0.1, -0.05) is 23.2 Å². The van der Waals surface area contributed by atoms with Crippen LogP contribution >= 0.6 is 23.2 Å². The van der Waals surface area contributed by atoms with Crippen LogP contribution in [0.15, 0.2) is 12.1 Å². The molecule has 0 radical (unpaired) electrons. The Morgan fingerprint density at radius 3 is 2.30 bits per heavy atom. The predicted octanol–water partition coefficient (Wildman–Crippen LogP) is 2.41. The summed E-state index contributed by atoms with van der Waals surface area (Å²) in [6.45, 7) is 1.02. The van der Waals surface area contributed by atoms with Gasteiger partial charge in [0.2, 0.25) is 0 Å². The number of carbonyl (C=O) groups excluding carboxylic acids is 2. The van der Waals surface area contributed by atoms with Gasteiger partial charge in [-0.25, -0.2) is 4.98 Å². The lowest BCUT2D eigenvalue weighted by molar-refractivity contribution is -0.146. The minimum absolute atomic E-state index is 0.131. The predicted molar refractivity (Wildman–Crippen MR) is 74.9 cm³/mol. The maximum Gasteiger partial charge on any atom is 0.308 e. The molecule has 1 aromatic rings. The van der Waals surface area contributed by atoms with E-state index >= 15 is 0 Å². The Bertz CT molecular complexity index is 508. The molecular formula is C13H14Cl2N2O3. The second-order valence-corrected chi connectivity index (χ2v) is 5.37. The molecule has 0 bridgehead atoms. The summed E-state index contributed by atoms with van der Waals surface area (Å²) in [6, 6.07) is 2.98. The molecule has 20 heavy (non-hydrogen) atoms. The van der Waals surface area contributed by atoms with E-state index in [2.05, 4.69) is 4.98 Å². The standard InChI is InChI=1S/C13H14Cl2N2O3/c1-20-13(19)8-2-4-17(5-3-8)12(18)9-6-10(14)16-11(15)7-9/h6-8H,2-5H2,1H3. The third kappa shape index (κ3) is 3.41. The van der Waals surface area contributed by atoms with Crippen molar-refractivity contribution in [3.63, 3.8) is 0 Å². The number of hydrogen-bond donors (Lipinski definition) is 0. The van der Waals surface area contributed by atoms with Crippen molar-refractivity contribution in [3.8, 4) is 0 Å². The fourth-order valence-corrected chi connectivity index (χ4v) is 2.72. The number of halogens is 2. The number of rotatable bonds is 2. The number of pyridine rings is 1. The molecule has 1 saturated heterocycles. The Labute approximate surface area is 126 Å². The molecule has 1 aromatic heterocycles. The van der Waals surface area contributed by atoms with Crippen molar-refractivity contribution in [1.82, 2.24) is 9.88 Å². The molecule has 5 nitrogen and oxygen atoms in total. The van der Waals surface area contributed by atoms with Gasteiger partial charge in [0, 0.05) is 18.7 Å². The molecule has 0 saturated carbocycles. The third-order valence-corrected chi connectivity index (χ3v) is 3.71. The summed E-state index contributed by atoms with van der Waals surface area (Å²) in [4.78, 5) is 29.2. The zero-order chi connectivity index (χ0) is 14.7. The van der Waals surface area contributed by atoms with E-state index in [9.17, 15) is 9.59 Å². The van der Waals surface area contributed by atoms with Crippen LogP contribution in [0.3, 0.4) is 0 Å². The van der Waals surface area contributed by atoms with Crippen molar-refractivity contribution in [2.75, 3.05) is 20.2 Å². The second kappa shape index (κ2) is 6.41. The first-order chi connectivity index (χ1) is 9.51. The van der Waals surface area contributed by atoms with Gasteiger partial charge in [0.05, 0.1) is 13.0 Å². The molecule has 2 heterocycles. The summed E-state index contributed by atoms with van der Waals surface area (Å²) in [5, 5.41) is 0.371. The van der Waals surface area contributed by atoms with Gasteiger partial charge in [-0.05, 0) is 25.0 Å². The first kappa shape index (κ1) is 15.1. The maximum absolute atomic E-state index is 12.3. The lowest BCUT2D eigenvalue weighted by Crippen LogP contribution is -2.40. The molecule has 7 heteroatoms. The van der Waals surface area contributed by atoms with Gasteiger partial charge in [0.15, 0.2) is 0 Å². The normalized spacial score (nSPS) is 16.1. The molecular weight excluding hydrogens is 303 g/mol. The zero-order valence-electron chi connectivity index (χ0n) is 10.9. The maximum atomic E-state index is 12.3. The fraction of sp³-hybridized carbons (Fsp3) is 0.462. The summed E-state index contributed by atoms with van der Waals surface area (Å²) in [7, 11) is 1.38. The van der Waals surface area contributed by atoms with E-state index < -0.39 is 0 Å². The van der Waals surface area contributed by atoms with Crippen LogP contribution in [0.5, 0.6) is 0 Å². The molecule has 1 aliphatic heterocycles. The number of aromatic nitrogens is 1. The molecule has 0 atom stereocenters. The van der Waals surface area contributed by atoms with Crippen molar-refractivity contribution in [2.45, 2.75) is 12.8 Å². The second-order valence-electron chi connectivity index (χ2n) is 4.59. The fourth-order valence-electron chi connectivity index (χ4n) is 2.26. The van der Waals surface area contributed by atoms with E-state index in [1.807, 2.05) is 0 Å². The first-order valence-electron chi connectivity index (χ1n) is 6.21. The number of methoxy groups -OCH3 is 1. The van der Waals surface area contributed by atoms with E-state index in [0.29, 0.717) is 31.5 Å². The van der Waals surface area contributed by atoms with Crippen LogP contribution < -0.4 is 0 Å². The SMILES string of the molecule is COC(=O)C1CCN(C(=O)c2cc(Cl)nc(Cl)c2)CC1. The number of nitrogens with zero attached hydrogens (tertiary/aromatic N) is 2. The lowest BCUT2D eigenvalue weighted by atomic mass is 9.96. The molecule has 0 N–H and O–H groups in total. The topological polar surface area (TPSA) is 59.5 Å². The minimum Gasteiger partial charge on any atom is -0.469 e. The summed E-state index contributed by atoms with van der Waals surface area (Å²) in [5.41, 5.74) is 0.409. The van der Waals surface area contributed by atoms with Gasteiger partial charge in [0.1, 0.15) is 10.3 Å². The zero-order valence-corrected chi connectivity index (χ0v) is 12.4. The number of likely N-dealkylation sites (tertiary alicyclic amines) is 1. The van der Waals surface area contributed by atoms with Crippen LogP contribution in [0.4, 0.5) is 0 Å². The lowest BCUT2D eigenvalue weighted by Gasteiger charge is -2.30. The van der Waals surface area contributed by atoms with Crippen molar-refractivity contribution < 1.29 is 14.3 Å². The smallest absolute Gasteiger partial charge is 0.308 e. The molecule has 108 valence electrons. The van der Waals surface area contributed by atoms with Crippen molar-refractivity contribution in [3.05, 3.63) is 28.0 Å². The van der Waals surface area contributed by atoms with E-state index in [-0.39, 0.29) is 28.1 Å². The Morgan fingerprint density at radius 2 is 1.80 bits per heavy atom. The van der Waals surface area contributed by atoms with Crippen LogP contribution in [-0.4, -0.2) is 42.0 Å². The summed E-state index contributed by atoms with van der Waals surface area (Å²) >= 11 is 11.6. The highest BCUT2D eigenvalue weighted by Gasteiger charge is 2.28. The summed E-state index contributed by atoms with van der Waals surface area (Å²) in [5.74, 6) is -0.500. The van der Waals surface area contributed by atoms with Crippen LogP contribution in [0.1, 0.15) is 23.2 Å². The van der Waals surface area contributed by atoms with Gasteiger partial charge >= 0.3 is 5.97 Å². The summed E-state index contributed by atoms with van der Waals surface area (Å²) in [6.07, 6.45) is 1.20. The first-order valence-corrected chi connectivity index (χ1v) is 6.97. The van der Waals surface area contributed by atoms with Crippen molar-refractivity contribution in [1.29, 1.82) is 0 Å². The van der Waals surface area contributed by atoms with Gasteiger partial charge in [-0.3, -0.25) is 9.59 Å². The Hall–Kier alpha value is -1.33. The largest absolute Gasteiger partial charge is 0.469 e. The van der Waals surface area contributed by atoms with Crippen LogP contribution in [0, 0.1) is 5.92 Å². The average Bonchev–Trinajstić information content (AvgIpc) is 2.45. The number of amides is 1. The minimum atomic E-state index is -0.216. The number of esters is 1. The molecule has 0 aromatic carbocycles. The molecule has 1 fully saturated rings. The van der Waals surface area contributed by atoms with Crippen molar-refractivity contribution >= 4 is 35.1 Å². The Balaban J connectivity index is 2.03. The van der Waals surface area contributed by atoms with Crippen LogP contribution in [0.25, 0.3) is 0 Å².